The Morgan fingerprint density at radius 3 is 3.00 bits per heavy atom. The van der Waals surface area contributed by atoms with E-state index in [1.807, 2.05) is 0 Å². The Labute approximate surface area is 124 Å². The van der Waals surface area contributed by atoms with Crippen molar-refractivity contribution in [3.05, 3.63) is 34.1 Å². The molecule has 5 nitrogen and oxygen atoms in total. The summed E-state index contributed by atoms with van der Waals surface area (Å²) in [5.41, 5.74) is 0.160. The second-order valence-corrected chi connectivity index (χ2v) is 5.89. The normalized spacial score (nSPS) is 21.0. The van der Waals surface area contributed by atoms with Crippen molar-refractivity contribution in [2.45, 2.75) is 32.7 Å². The van der Waals surface area contributed by atoms with Gasteiger partial charge in [0.2, 0.25) is 0 Å². The van der Waals surface area contributed by atoms with E-state index in [1.54, 1.807) is 0 Å². The van der Waals surface area contributed by atoms with Gasteiger partial charge >= 0.3 is 0 Å². The third kappa shape index (κ3) is 4.14. The van der Waals surface area contributed by atoms with Crippen molar-refractivity contribution in [1.82, 2.24) is 4.90 Å². The molecule has 2 rings (SSSR count). The lowest BCUT2D eigenvalue weighted by atomic mass is 9.99. The van der Waals surface area contributed by atoms with E-state index >= 15 is 0 Å². The van der Waals surface area contributed by atoms with Gasteiger partial charge in [-0.1, -0.05) is 6.92 Å². The summed E-state index contributed by atoms with van der Waals surface area (Å²) >= 11 is 0. The first-order valence-electron chi connectivity index (χ1n) is 7.39. The molecular weight excluding hydrogens is 273 g/mol. The topological polar surface area (TPSA) is 58.4 Å². The van der Waals surface area contributed by atoms with Crippen molar-refractivity contribution in [3.8, 4) is 0 Å². The minimum absolute atomic E-state index is 0.214. The average Bonchev–Trinajstić information content (AvgIpc) is 2.45. The van der Waals surface area contributed by atoms with E-state index in [1.165, 1.54) is 25.0 Å². The molecule has 0 amide bonds. The fourth-order valence-corrected chi connectivity index (χ4v) is 2.82. The number of rotatable bonds is 5. The first kappa shape index (κ1) is 15.7. The van der Waals surface area contributed by atoms with Crippen LogP contribution in [0.1, 0.15) is 26.7 Å². The molecule has 0 aliphatic carbocycles. The maximum atomic E-state index is 13.1. The van der Waals surface area contributed by atoms with Crippen molar-refractivity contribution in [3.63, 3.8) is 0 Å². The number of nitro groups is 1. The summed E-state index contributed by atoms with van der Waals surface area (Å²) in [4.78, 5) is 12.8. The SMILES string of the molecule is CC1CCCN(C(C)CNc2ccc(F)cc2[N+](=O)[O-])C1. The van der Waals surface area contributed by atoms with Crippen LogP contribution in [0.15, 0.2) is 18.2 Å². The third-order valence-corrected chi connectivity index (χ3v) is 4.06. The standard InChI is InChI=1S/C15H22FN3O2/c1-11-4-3-7-18(10-11)12(2)9-17-14-6-5-13(16)8-15(14)19(20)21/h5-6,8,11-12,17H,3-4,7,9-10H2,1-2H3. The third-order valence-electron chi connectivity index (χ3n) is 4.06. The molecule has 2 atom stereocenters. The smallest absolute Gasteiger partial charge is 0.295 e. The van der Waals surface area contributed by atoms with E-state index in [0.29, 0.717) is 18.2 Å². The number of nitrogens with one attached hydrogen (secondary N) is 1. The fourth-order valence-electron chi connectivity index (χ4n) is 2.82. The van der Waals surface area contributed by atoms with E-state index in [-0.39, 0.29) is 11.7 Å². The summed E-state index contributed by atoms with van der Waals surface area (Å²) in [6.45, 7) is 7.10. The van der Waals surface area contributed by atoms with Gasteiger partial charge in [-0.3, -0.25) is 15.0 Å². The average molecular weight is 295 g/mol. The molecule has 6 heteroatoms. The Kier molecular flexibility index (Phi) is 5.12. The van der Waals surface area contributed by atoms with Crippen molar-refractivity contribution in [2.75, 3.05) is 25.0 Å². The Balaban J connectivity index is 1.97. The molecule has 1 aromatic carbocycles. The summed E-state index contributed by atoms with van der Waals surface area (Å²) in [5, 5.41) is 14.0. The lowest BCUT2D eigenvalue weighted by Gasteiger charge is -2.35. The van der Waals surface area contributed by atoms with Gasteiger partial charge in [0.05, 0.1) is 11.0 Å². The maximum absolute atomic E-state index is 13.1. The summed E-state index contributed by atoms with van der Waals surface area (Å²) in [5.74, 6) is 0.103. The number of piperidine rings is 1. The first-order valence-corrected chi connectivity index (χ1v) is 7.39. The van der Waals surface area contributed by atoms with E-state index in [0.717, 1.165) is 19.2 Å². The van der Waals surface area contributed by atoms with Gasteiger partial charge in [0.1, 0.15) is 11.5 Å². The Morgan fingerprint density at radius 1 is 1.57 bits per heavy atom. The Hall–Kier alpha value is -1.69. The number of hydrogen-bond donors (Lipinski definition) is 1. The largest absolute Gasteiger partial charge is 0.378 e. The van der Waals surface area contributed by atoms with Crippen LogP contribution in [-0.2, 0) is 0 Å². The molecule has 0 aromatic heterocycles. The predicted octanol–water partition coefficient (Wildman–Crippen LogP) is 3.27. The molecule has 1 fully saturated rings. The Bertz CT molecular complexity index is 510. The second kappa shape index (κ2) is 6.85. The van der Waals surface area contributed by atoms with Crippen LogP contribution < -0.4 is 5.32 Å². The highest BCUT2D eigenvalue weighted by Crippen LogP contribution is 2.25. The molecule has 1 N–H and O–H groups in total. The highest BCUT2D eigenvalue weighted by atomic mass is 19.1. The van der Waals surface area contributed by atoms with Crippen LogP contribution in [0.25, 0.3) is 0 Å². The predicted molar refractivity (Wildman–Crippen MR) is 81.0 cm³/mol. The zero-order valence-electron chi connectivity index (χ0n) is 12.5. The quantitative estimate of drug-likeness (QED) is 0.669. The fraction of sp³-hybridized carbons (Fsp3) is 0.600. The molecule has 0 radical (unpaired) electrons. The number of anilines is 1. The summed E-state index contributed by atoms with van der Waals surface area (Å²) in [6, 6.07) is 3.91. The number of benzene rings is 1. The van der Waals surface area contributed by atoms with Crippen molar-refractivity contribution in [1.29, 1.82) is 0 Å². The molecule has 0 saturated carbocycles. The minimum atomic E-state index is -0.592. The van der Waals surface area contributed by atoms with E-state index in [9.17, 15) is 14.5 Å². The molecule has 116 valence electrons. The van der Waals surface area contributed by atoms with E-state index in [4.69, 9.17) is 0 Å². The van der Waals surface area contributed by atoms with E-state index < -0.39 is 10.7 Å². The number of halogens is 1. The van der Waals surface area contributed by atoms with Crippen LogP contribution in [0.5, 0.6) is 0 Å². The molecule has 0 bridgehead atoms. The molecule has 2 unspecified atom stereocenters. The van der Waals surface area contributed by atoms with Gasteiger partial charge in [0, 0.05) is 19.1 Å². The van der Waals surface area contributed by atoms with Crippen LogP contribution in [0, 0.1) is 21.8 Å². The monoisotopic (exact) mass is 295 g/mol. The van der Waals surface area contributed by atoms with Gasteiger partial charge < -0.3 is 5.32 Å². The highest BCUT2D eigenvalue weighted by molar-refractivity contribution is 5.61. The van der Waals surface area contributed by atoms with Gasteiger partial charge in [0.25, 0.3) is 5.69 Å². The number of nitro benzene ring substituents is 1. The number of hydrogen-bond acceptors (Lipinski definition) is 4. The van der Waals surface area contributed by atoms with E-state index in [2.05, 4.69) is 24.1 Å². The van der Waals surface area contributed by atoms with Gasteiger partial charge in [-0.05, 0) is 44.4 Å². The van der Waals surface area contributed by atoms with Crippen molar-refractivity contribution < 1.29 is 9.31 Å². The van der Waals surface area contributed by atoms with Crippen molar-refractivity contribution in [2.24, 2.45) is 5.92 Å². The first-order chi connectivity index (χ1) is 9.97. The lowest BCUT2D eigenvalue weighted by Crippen LogP contribution is -2.43. The van der Waals surface area contributed by atoms with Gasteiger partial charge in [-0.25, -0.2) is 4.39 Å². The highest BCUT2D eigenvalue weighted by Gasteiger charge is 2.22. The summed E-state index contributed by atoms with van der Waals surface area (Å²) in [7, 11) is 0. The summed E-state index contributed by atoms with van der Waals surface area (Å²) in [6.07, 6.45) is 2.46. The molecule has 1 aliphatic heterocycles. The maximum Gasteiger partial charge on any atom is 0.295 e. The lowest BCUT2D eigenvalue weighted by molar-refractivity contribution is -0.384. The molecular formula is C15H22FN3O2. The molecule has 1 heterocycles. The number of likely N-dealkylation sites (tertiary alicyclic amines) is 1. The molecule has 0 spiro atoms. The number of nitrogens with zero attached hydrogens (tertiary/aromatic N) is 2. The summed E-state index contributed by atoms with van der Waals surface area (Å²) < 4.78 is 13.1. The Morgan fingerprint density at radius 2 is 2.33 bits per heavy atom. The van der Waals surface area contributed by atoms with Gasteiger partial charge in [0.15, 0.2) is 0 Å². The van der Waals surface area contributed by atoms with Crippen LogP contribution in [-0.4, -0.2) is 35.5 Å². The molecule has 1 saturated heterocycles. The molecule has 1 aliphatic rings. The molecule has 21 heavy (non-hydrogen) atoms. The zero-order valence-corrected chi connectivity index (χ0v) is 12.5. The second-order valence-electron chi connectivity index (χ2n) is 5.89. The zero-order chi connectivity index (χ0) is 15.4. The van der Waals surface area contributed by atoms with Crippen LogP contribution in [0.2, 0.25) is 0 Å². The van der Waals surface area contributed by atoms with Crippen LogP contribution in [0.4, 0.5) is 15.8 Å². The minimum Gasteiger partial charge on any atom is -0.378 e. The van der Waals surface area contributed by atoms with Crippen LogP contribution in [0.3, 0.4) is 0 Å². The van der Waals surface area contributed by atoms with Gasteiger partial charge in [-0.15, -0.1) is 0 Å². The van der Waals surface area contributed by atoms with Crippen LogP contribution >= 0.6 is 0 Å². The molecule has 1 aromatic rings. The van der Waals surface area contributed by atoms with Gasteiger partial charge in [-0.2, -0.15) is 0 Å². The van der Waals surface area contributed by atoms with Crippen molar-refractivity contribution >= 4 is 11.4 Å².